The lowest BCUT2D eigenvalue weighted by Crippen LogP contribution is -2.33. The fourth-order valence-electron chi connectivity index (χ4n) is 3.74. The van der Waals surface area contributed by atoms with Gasteiger partial charge in [-0.25, -0.2) is 12.8 Å². The number of carbonyl (C=O) groups is 1. The van der Waals surface area contributed by atoms with Crippen LogP contribution in [0.25, 0.3) is 0 Å². The molecule has 2 aromatic rings. The lowest BCUT2D eigenvalue weighted by molar-refractivity contribution is -0.149. The Morgan fingerprint density at radius 1 is 1.22 bits per heavy atom. The zero-order valence-electron chi connectivity index (χ0n) is 15.2. The number of halogens is 1. The van der Waals surface area contributed by atoms with E-state index in [4.69, 9.17) is 10.5 Å². The molecule has 0 unspecified atom stereocenters. The SMILES string of the molecule is CCOC(=O)[C@]1(CN)[C@H](c2cccc(F)c2)[C@H]1S(=O)(=O)c1ccc(C)cc1. The third-order valence-corrected chi connectivity index (χ3v) is 7.43. The van der Waals surface area contributed by atoms with Crippen molar-refractivity contribution in [1.29, 1.82) is 0 Å². The van der Waals surface area contributed by atoms with Crippen molar-refractivity contribution in [3.05, 3.63) is 65.5 Å². The maximum Gasteiger partial charge on any atom is 0.315 e. The number of esters is 1. The van der Waals surface area contributed by atoms with E-state index >= 15 is 0 Å². The minimum atomic E-state index is -3.88. The van der Waals surface area contributed by atoms with Crippen molar-refractivity contribution in [1.82, 2.24) is 0 Å². The van der Waals surface area contributed by atoms with E-state index in [0.29, 0.717) is 5.56 Å². The van der Waals surface area contributed by atoms with Crippen LogP contribution in [0.5, 0.6) is 0 Å². The number of aryl methyl sites for hydroxylation is 1. The van der Waals surface area contributed by atoms with Gasteiger partial charge in [0.15, 0.2) is 9.84 Å². The molecule has 7 heteroatoms. The molecule has 3 rings (SSSR count). The molecule has 0 saturated heterocycles. The fourth-order valence-corrected chi connectivity index (χ4v) is 6.12. The van der Waals surface area contributed by atoms with E-state index in [1.54, 1.807) is 25.1 Å². The number of ether oxygens (including phenoxy) is 1. The first kappa shape index (κ1) is 19.5. The molecule has 0 aliphatic heterocycles. The summed E-state index contributed by atoms with van der Waals surface area (Å²) >= 11 is 0. The number of carbonyl (C=O) groups excluding carboxylic acids is 1. The molecule has 1 aliphatic carbocycles. The van der Waals surface area contributed by atoms with Gasteiger partial charge in [0.25, 0.3) is 0 Å². The molecule has 0 spiro atoms. The average molecular weight is 391 g/mol. The Bertz CT molecular complexity index is 958. The van der Waals surface area contributed by atoms with E-state index in [-0.39, 0.29) is 18.0 Å². The van der Waals surface area contributed by atoms with E-state index in [1.165, 1.54) is 30.3 Å². The molecule has 0 aromatic heterocycles. The zero-order chi connectivity index (χ0) is 19.8. The number of benzene rings is 2. The van der Waals surface area contributed by atoms with Crippen LogP contribution in [-0.4, -0.2) is 32.8 Å². The summed E-state index contributed by atoms with van der Waals surface area (Å²) in [6, 6.07) is 12.0. The molecule has 5 nitrogen and oxygen atoms in total. The number of hydrogen-bond acceptors (Lipinski definition) is 5. The van der Waals surface area contributed by atoms with E-state index in [9.17, 15) is 17.6 Å². The van der Waals surface area contributed by atoms with Crippen molar-refractivity contribution in [3.63, 3.8) is 0 Å². The number of sulfone groups is 1. The Balaban J connectivity index is 2.12. The van der Waals surface area contributed by atoms with Gasteiger partial charge in [-0.1, -0.05) is 29.8 Å². The number of hydrogen-bond donors (Lipinski definition) is 1. The molecule has 144 valence electrons. The molecule has 0 heterocycles. The molecular formula is C20H22FNO4S. The smallest absolute Gasteiger partial charge is 0.315 e. The second-order valence-corrected chi connectivity index (χ2v) is 8.85. The molecule has 1 saturated carbocycles. The Kier molecular flexibility index (Phi) is 5.10. The highest BCUT2D eigenvalue weighted by Crippen LogP contribution is 2.64. The average Bonchev–Trinajstić information content (AvgIpc) is 3.34. The van der Waals surface area contributed by atoms with Gasteiger partial charge in [-0.2, -0.15) is 0 Å². The van der Waals surface area contributed by atoms with Crippen LogP contribution in [0.15, 0.2) is 53.4 Å². The zero-order valence-corrected chi connectivity index (χ0v) is 16.0. The number of rotatable bonds is 6. The summed E-state index contributed by atoms with van der Waals surface area (Å²) in [5.41, 5.74) is 5.82. The minimum absolute atomic E-state index is 0.105. The first-order valence-electron chi connectivity index (χ1n) is 8.72. The first-order chi connectivity index (χ1) is 12.8. The van der Waals surface area contributed by atoms with E-state index in [0.717, 1.165) is 5.56 Å². The van der Waals surface area contributed by atoms with E-state index < -0.39 is 38.2 Å². The summed E-state index contributed by atoms with van der Waals surface area (Å²) in [6.45, 7) is 3.40. The second kappa shape index (κ2) is 7.05. The topological polar surface area (TPSA) is 86.5 Å². The van der Waals surface area contributed by atoms with Crippen LogP contribution in [0.2, 0.25) is 0 Å². The quantitative estimate of drug-likeness (QED) is 0.765. The third kappa shape index (κ3) is 3.15. The lowest BCUT2D eigenvalue weighted by Gasteiger charge is -2.14. The maximum atomic E-state index is 13.8. The van der Waals surface area contributed by atoms with Gasteiger partial charge in [0.05, 0.1) is 16.8 Å². The van der Waals surface area contributed by atoms with Crippen molar-refractivity contribution in [2.45, 2.75) is 29.9 Å². The van der Waals surface area contributed by atoms with Crippen molar-refractivity contribution < 1.29 is 22.3 Å². The summed E-state index contributed by atoms with van der Waals surface area (Å²) in [6.07, 6.45) is 0. The highest BCUT2D eigenvalue weighted by molar-refractivity contribution is 7.92. The molecule has 3 atom stereocenters. The molecule has 2 aromatic carbocycles. The molecule has 1 fully saturated rings. The normalized spacial score (nSPS) is 24.4. The van der Waals surface area contributed by atoms with Gasteiger partial charge < -0.3 is 10.5 Å². The van der Waals surface area contributed by atoms with E-state index in [1.807, 2.05) is 6.92 Å². The Morgan fingerprint density at radius 3 is 2.44 bits per heavy atom. The molecule has 0 bridgehead atoms. The summed E-state index contributed by atoms with van der Waals surface area (Å²) in [5.74, 6) is -1.92. The summed E-state index contributed by atoms with van der Waals surface area (Å²) < 4.78 is 45.5. The molecule has 0 radical (unpaired) electrons. The van der Waals surface area contributed by atoms with E-state index in [2.05, 4.69) is 0 Å². The van der Waals surface area contributed by atoms with Crippen molar-refractivity contribution in [2.75, 3.05) is 13.2 Å². The molecule has 27 heavy (non-hydrogen) atoms. The fraction of sp³-hybridized carbons (Fsp3) is 0.350. The molecule has 1 aliphatic rings. The molecule has 2 N–H and O–H groups in total. The van der Waals surface area contributed by atoms with Crippen molar-refractivity contribution >= 4 is 15.8 Å². The first-order valence-corrected chi connectivity index (χ1v) is 10.3. The monoisotopic (exact) mass is 391 g/mol. The van der Waals surface area contributed by atoms with Crippen molar-refractivity contribution in [3.8, 4) is 0 Å². The van der Waals surface area contributed by atoms with Gasteiger partial charge in [0, 0.05) is 12.5 Å². The van der Waals surface area contributed by atoms with Crippen LogP contribution in [0.1, 0.15) is 24.0 Å². The van der Waals surface area contributed by atoms with Gasteiger partial charge in [-0.05, 0) is 43.7 Å². The number of nitrogens with two attached hydrogens (primary N) is 1. The summed E-state index contributed by atoms with van der Waals surface area (Å²) in [5, 5.41) is -1.10. The van der Waals surface area contributed by atoms with Gasteiger partial charge in [0.1, 0.15) is 11.2 Å². The van der Waals surface area contributed by atoms with Crippen LogP contribution >= 0.6 is 0 Å². The van der Waals surface area contributed by atoms with Crippen LogP contribution in [0, 0.1) is 18.2 Å². The highest BCUT2D eigenvalue weighted by atomic mass is 32.2. The molecular weight excluding hydrogens is 369 g/mol. The predicted molar refractivity (Wildman–Crippen MR) is 99.4 cm³/mol. The lowest BCUT2D eigenvalue weighted by atomic mass is 9.99. The highest BCUT2D eigenvalue weighted by Gasteiger charge is 2.75. The summed E-state index contributed by atoms with van der Waals surface area (Å²) in [4.78, 5) is 12.8. The Morgan fingerprint density at radius 2 is 1.89 bits per heavy atom. The largest absolute Gasteiger partial charge is 0.465 e. The van der Waals surface area contributed by atoms with Crippen LogP contribution in [0.3, 0.4) is 0 Å². The van der Waals surface area contributed by atoms with Gasteiger partial charge >= 0.3 is 5.97 Å². The standard InChI is InChI=1S/C20H22FNO4S/c1-3-26-19(23)20(12-22)17(14-5-4-6-15(21)11-14)18(20)27(24,25)16-9-7-13(2)8-10-16/h4-11,17-18H,3,12,22H2,1-2H3/t17-,18-,20-/m1/s1. The van der Waals surface area contributed by atoms with Gasteiger partial charge in [0.2, 0.25) is 0 Å². The predicted octanol–water partition coefficient (Wildman–Crippen LogP) is 2.58. The van der Waals surface area contributed by atoms with Crippen molar-refractivity contribution in [2.24, 2.45) is 11.1 Å². The van der Waals surface area contributed by atoms with Gasteiger partial charge in [-0.15, -0.1) is 0 Å². The molecule has 0 amide bonds. The van der Waals surface area contributed by atoms with Crippen LogP contribution < -0.4 is 5.73 Å². The van der Waals surface area contributed by atoms with Crippen LogP contribution in [-0.2, 0) is 19.4 Å². The second-order valence-electron chi connectivity index (χ2n) is 6.78. The van der Waals surface area contributed by atoms with Gasteiger partial charge in [-0.3, -0.25) is 4.79 Å². The Hall–Kier alpha value is -2.25. The van der Waals surface area contributed by atoms with Crippen LogP contribution in [0.4, 0.5) is 4.39 Å². The minimum Gasteiger partial charge on any atom is -0.465 e. The third-order valence-electron chi connectivity index (χ3n) is 5.14. The summed E-state index contributed by atoms with van der Waals surface area (Å²) in [7, 11) is -3.88. The Labute approximate surface area is 158 Å². The maximum absolute atomic E-state index is 13.8.